The fraction of sp³-hybridized carbons (Fsp3) is 0.769. The van der Waals surface area contributed by atoms with Crippen LogP contribution < -0.4 is 15.0 Å². The zero-order chi connectivity index (χ0) is 22.1. The number of nitrogens with zero attached hydrogens (tertiary/aromatic N) is 2. The molecule has 0 amide bonds. The molecule has 6 heteroatoms. The van der Waals surface area contributed by atoms with Crippen LogP contribution in [-0.2, 0) is 0 Å². The number of ether oxygens (including phenoxy) is 1. The molecule has 2 saturated heterocycles. The monoisotopic (exact) mass is 441 g/mol. The Hall–Kier alpha value is -1.82. The molecule has 0 aromatic heterocycles. The summed E-state index contributed by atoms with van der Waals surface area (Å²) < 4.78 is 5.40. The van der Waals surface area contributed by atoms with Crippen LogP contribution in [0.25, 0.3) is 0 Å². The normalized spacial score (nSPS) is 24.6. The van der Waals surface area contributed by atoms with Crippen molar-refractivity contribution in [3.05, 3.63) is 27.8 Å². The summed E-state index contributed by atoms with van der Waals surface area (Å²) in [5.74, 6) is 2.78. The van der Waals surface area contributed by atoms with Crippen LogP contribution in [0.1, 0.15) is 82.1 Å². The minimum absolute atomic E-state index is 0.110. The van der Waals surface area contributed by atoms with Gasteiger partial charge in [-0.15, -0.1) is 0 Å². The first-order valence-corrected chi connectivity index (χ1v) is 12.9. The van der Waals surface area contributed by atoms with Crippen molar-refractivity contribution < 1.29 is 9.66 Å². The number of anilines is 1. The van der Waals surface area contributed by atoms with Crippen molar-refractivity contribution in [2.75, 3.05) is 38.2 Å². The lowest BCUT2D eigenvalue weighted by atomic mass is 9.64. The van der Waals surface area contributed by atoms with Gasteiger partial charge in [-0.2, -0.15) is 0 Å². The summed E-state index contributed by atoms with van der Waals surface area (Å²) in [7, 11) is 1.54. The Bertz CT molecular complexity index is 814. The van der Waals surface area contributed by atoms with E-state index in [4.69, 9.17) is 4.74 Å². The van der Waals surface area contributed by atoms with Crippen LogP contribution in [0.3, 0.4) is 0 Å². The Morgan fingerprint density at radius 2 is 1.69 bits per heavy atom. The summed E-state index contributed by atoms with van der Waals surface area (Å²) in [6.45, 7) is 4.57. The largest absolute Gasteiger partial charge is 0.490 e. The van der Waals surface area contributed by atoms with E-state index >= 15 is 0 Å². The van der Waals surface area contributed by atoms with Gasteiger partial charge in [0.1, 0.15) is 0 Å². The van der Waals surface area contributed by atoms with Gasteiger partial charge in [-0.3, -0.25) is 10.1 Å². The van der Waals surface area contributed by atoms with Crippen LogP contribution in [0.5, 0.6) is 5.75 Å². The maximum absolute atomic E-state index is 11.5. The molecule has 4 aliphatic rings. The lowest BCUT2D eigenvalue weighted by Gasteiger charge is -2.47. The van der Waals surface area contributed by atoms with Crippen molar-refractivity contribution in [2.24, 2.45) is 17.3 Å². The molecule has 2 heterocycles. The number of hydrogen-bond acceptors (Lipinski definition) is 5. The quantitative estimate of drug-likeness (QED) is 0.456. The van der Waals surface area contributed by atoms with Crippen LogP contribution in [0.2, 0.25) is 0 Å². The highest BCUT2D eigenvalue weighted by Crippen LogP contribution is 2.51. The number of piperidine rings is 2. The zero-order valence-electron chi connectivity index (χ0n) is 19.6. The van der Waals surface area contributed by atoms with E-state index in [1.165, 1.54) is 89.2 Å². The Balaban J connectivity index is 1.22. The molecule has 1 spiro atoms. The Kier molecular flexibility index (Phi) is 6.33. The zero-order valence-corrected chi connectivity index (χ0v) is 19.6. The Labute approximate surface area is 192 Å². The van der Waals surface area contributed by atoms with E-state index < -0.39 is 0 Å². The number of nitro benzene ring substituents is 1. The number of nitrogens with one attached hydrogen (secondary N) is 1. The summed E-state index contributed by atoms with van der Waals surface area (Å²) in [5, 5.41) is 15.0. The van der Waals surface area contributed by atoms with Crippen LogP contribution >= 0.6 is 0 Å². The molecule has 0 atom stereocenters. The first kappa shape index (κ1) is 22.0. The summed E-state index contributed by atoms with van der Waals surface area (Å²) in [4.78, 5) is 13.7. The highest BCUT2D eigenvalue weighted by molar-refractivity contribution is 5.66. The average Bonchev–Trinajstić information content (AvgIpc) is 3.66. The number of rotatable bonds is 6. The average molecular weight is 442 g/mol. The second-order valence-corrected chi connectivity index (χ2v) is 11.0. The van der Waals surface area contributed by atoms with Gasteiger partial charge in [0, 0.05) is 30.9 Å². The SMILES string of the molecule is COc1cc(N2CCC3(CCC(CC4CCNCC4)CC3)CC2)c(C2CC2)cc1[N+](=O)[O-]. The molecule has 2 saturated carbocycles. The van der Waals surface area contributed by atoms with E-state index in [9.17, 15) is 10.1 Å². The fourth-order valence-corrected chi connectivity index (χ4v) is 6.71. The molecule has 4 fully saturated rings. The first-order chi connectivity index (χ1) is 15.6. The molecule has 0 bridgehead atoms. The second kappa shape index (κ2) is 9.20. The predicted molar refractivity (Wildman–Crippen MR) is 128 cm³/mol. The van der Waals surface area contributed by atoms with Gasteiger partial charge < -0.3 is 15.0 Å². The van der Waals surface area contributed by atoms with Gasteiger partial charge in [0.25, 0.3) is 0 Å². The smallest absolute Gasteiger partial charge is 0.311 e. The van der Waals surface area contributed by atoms with Gasteiger partial charge in [-0.05, 0) is 112 Å². The predicted octanol–water partition coefficient (Wildman–Crippen LogP) is 5.65. The fourth-order valence-electron chi connectivity index (χ4n) is 6.71. The van der Waals surface area contributed by atoms with Gasteiger partial charge in [-0.1, -0.05) is 0 Å². The molecule has 1 N–H and O–H groups in total. The van der Waals surface area contributed by atoms with Crippen molar-refractivity contribution in [1.82, 2.24) is 5.32 Å². The highest BCUT2D eigenvalue weighted by Gasteiger charge is 2.40. The van der Waals surface area contributed by atoms with Crippen LogP contribution in [0, 0.1) is 27.4 Å². The van der Waals surface area contributed by atoms with Gasteiger partial charge in [0.2, 0.25) is 0 Å². The van der Waals surface area contributed by atoms with Gasteiger partial charge >= 0.3 is 5.69 Å². The molecule has 6 nitrogen and oxygen atoms in total. The van der Waals surface area contributed by atoms with E-state index in [1.54, 1.807) is 6.07 Å². The van der Waals surface area contributed by atoms with E-state index in [0.717, 1.165) is 37.8 Å². The van der Waals surface area contributed by atoms with Crippen molar-refractivity contribution in [1.29, 1.82) is 0 Å². The molecule has 1 aromatic carbocycles. The van der Waals surface area contributed by atoms with E-state index in [0.29, 0.717) is 17.1 Å². The molecule has 176 valence electrons. The first-order valence-electron chi connectivity index (χ1n) is 12.9. The standard InChI is InChI=1S/C26H39N3O3/c1-32-25-18-23(22(21-2-3-21)17-24(25)29(30)31)28-14-10-26(11-15-28)8-4-19(5-9-26)16-20-6-12-27-13-7-20/h17-21,27H,2-16H2,1H3. The third-order valence-corrected chi connectivity index (χ3v) is 9.00. The molecule has 0 radical (unpaired) electrons. The van der Waals surface area contributed by atoms with Crippen LogP contribution in [0.15, 0.2) is 12.1 Å². The topological polar surface area (TPSA) is 67.6 Å². The van der Waals surface area contributed by atoms with Crippen molar-refractivity contribution in [2.45, 2.75) is 76.5 Å². The maximum atomic E-state index is 11.5. The summed E-state index contributed by atoms with van der Waals surface area (Å²) in [5.41, 5.74) is 2.99. The molecular weight excluding hydrogens is 402 g/mol. The van der Waals surface area contributed by atoms with Crippen LogP contribution in [0.4, 0.5) is 11.4 Å². The van der Waals surface area contributed by atoms with E-state index in [-0.39, 0.29) is 10.6 Å². The van der Waals surface area contributed by atoms with Gasteiger partial charge in [0.15, 0.2) is 5.75 Å². The maximum Gasteiger partial charge on any atom is 0.311 e. The molecule has 0 unspecified atom stereocenters. The molecule has 1 aromatic rings. The van der Waals surface area contributed by atoms with E-state index in [1.807, 2.05) is 6.07 Å². The molecule has 32 heavy (non-hydrogen) atoms. The summed E-state index contributed by atoms with van der Waals surface area (Å²) in [6.07, 6.45) is 14.6. The molecule has 5 rings (SSSR count). The van der Waals surface area contributed by atoms with Crippen LogP contribution in [-0.4, -0.2) is 38.2 Å². The van der Waals surface area contributed by atoms with E-state index in [2.05, 4.69) is 10.2 Å². The van der Waals surface area contributed by atoms with Gasteiger partial charge in [-0.25, -0.2) is 0 Å². The number of methoxy groups -OCH3 is 1. The number of benzene rings is 1. The highest BCUT2D eigenvalue weighted by atomic mass is 16.6. The molecule has 2 aliphatic carbocycles. The minimum atomic E-state index is -0.304. The third-order valence-electron chi connectivity index (χ3n) is 9.00. The third kappa shape index (κ3) is 4.61. The van der Waals surface area contributed by atoms with Crippen molar-refractivity contribution in [3.8, 4) is 5.75 Å². The second-order valence-electron chi connectivity index (χ2n) is 11.0. The summed E-state index contributed by atoms with van der Waals surface area (Å²) >= 11 is 0. The summed E-state index contributed by atoms with van der Waals surface area (Å²) in [6, 6.07) is 3.74. The van der Waals surface area contributed by atoms with Crippen molar-refractivity contribution >= 4 is 11.4 Å². The molecular formula is C26H39N3O3. The Morgan fingerprint density at radius 3 is 2.28 bits per heavy atom. The lowest BCUT2D eigenvalue weighted by molar-refractivity contribution is -0.385. The number of nitro groups is 1. The van der Waals surface area contributed by atoms with Crippen molar-refractivity contribution in [3.63, 3.8) is 0 Å². The lowest BCUT2D eigenvalue weighted by Crippen LogP contribution is -2.42. The molecule has 2 aliphatic heterocycles. The number of hydrogen-bond donors (Lipinski definition) is 1. The minimum Gasteiger partial charge on any atom is -0.490 e. The Morgan fingerprint density at radius 1 is 1.03 bits per heavy atom. The van der Waals surface area contributed by atoms with Gasteiger partial charge in [0.05, 0.1) is 12.0 Å².